The van der Waals surface area contributed by atoms with Crippen LogP contribution in [-0.4, -0.2) is 35.3 Å². The smallest absolute Gasteiger partial charge is 0.325 e. The van der Waals surface area contributed by atoms with Gasteiger partial charge in [0, 0.05) is 5.69 Å². The predicted molar refractivity (Wildman–Crippen MR) is 69.5 cm³/mol. The third-order valence-corrected chi connectivity index (χ3v) is 2.90. The maximum absolute atomic E-state index is 12.0. The molecule has 2 N–H and O–H groups in total. The molecule has 1 aliphatic rings. The van der Waals surface area contributed by atoms with Crippen LogP contribution in [0.25, 0.3) is 0 Å². The molecule has 1 heterocycles. The van der Waals surface area contributed by atoms with Crippen LogP contribution in [0.15, 0.2) is 24.3 Å². The number of benzene rings is 1. The summed E-state index contributed by atoms with van der Waals surface area (Å²) in [6.07, 6.45) is 0. The lowest BCUT2D eigenvalue weighted by atomic mass is 10.2. The molecular formula is C13H12N4O3. The fourth-order valence-corrected chi connectivity index (χ4v) is 1.86. The highest BCUT2D eigenvalue weighted by Gasteiger charge is 2.36. The summed E-state index contributed by atoms with van der Waals surface area (Å²) in [6.45, 7) is 1.37. The van der Waals surface area contributed by atoms with Crippen LogP contribution in [0, 0.1) is 11.3 Å². The van der Waals surface area contributed by atoms with Gasteiger partial charge in [-0.3, -0.25) is 14.5 Å². The Kier molecular flexibility index (Phi) is 3.66. The third kappa shape index (κ3) is 2.59. The van der Waals surface area contributed by atoms with Gasteiger partial charge in [-0.05, 0) is 25.1 Å². The Morgan fingerprint density at radius 2 is 2.25 bits per heavy atom. The van der Waals surface area contributed by atoms with Crippen molar-refractivity contribution in [1.82, 2.24) is 10.2 Å². The zero-order chi connectivity index (χ0) is 14.7. The quantitative estimate of drug-likeness (QED) is 0.779. The number of hydrogen-bond acceptors (Lipinski definition) is 4. The van der Waals surface area contributed by atoms with Gasteiger partial charge in [0.2, 0.25) is 5.91 Å². The Bertz CT molecular complexity index is 604. The molecule has 1 atom stereocenters. The second-order valence-electron chi connectivity index (χ2n) is 4.28. The Balaban J connectivity index is 2.10. The molecule has 1 fully saturated rings. The van der Waals surface area contributed by atoms with E-state index in [1.54, 1.807) is 18.2 Å². The number of nitrogens with one attached hydrogen (secondary N) is 2. The van der Waals surface area contributed by atoms with Crippen molar-refractivity contribution in [2.45, 2.75) is 13.0 Å². The standard InChI is InChI=1S/C13H12N4O3/c1-8(17-11(18)7-15-13(17)20)12(19)16-10-4-2-3-9(5-10)6-14/h2-5,8H,7H2,1H3,(H,15,20)(H,16,19). The number of nitriles is 1. The third-order valence-electron chi connectivity index (χ3n) is 2.90. The van der Waals surface area contributed by atoms with Gasteiger partial charge >= 0.3 is 6.03 Å². The molecule has 7 heteroatoms. The van der Waals surface area contributed by atoms with E-state index in [0.717, 1.165) is 4.90 Å². The average Bonchev–Trinajstić information content (AvgIpc) is 2.77. The number of hydrogen-bond donors (Lipinski definition) is 2. The van der Waals surface area contributed by atoms with Gasteiger partial charge in [0.25, 0.3) is 5.91 Å². The number of imide groups is 1. The molecule has 1 unspecified atom stereocenters. The normalized spacial score (nSPS) is 15.5. The van der Waals surface area contributed by atoms with Crippen LogP contribution in [0.3, 0.4) is 0 Å². The van der Waals surface area contributed by atoms with E-state index in [-0.39, 0.29) is 6.54 Å². The van der Waals surface area contributed by atoms with Crippen LogP contribution in [0.5, 0.6) is 0 Å². The number of nitrogens with zero attached hydrogens (tertiary/aromatic N) is 2. The lowest BCUT2D eigenvalue weighted by molar-refractivity contribution is -0.131. The van der Waals surface area contributed by atoms with Gasteiger partial charge in [-0.1, -0.05) is 6.07 Å². The molecule has 0 aliphatic carbocycles. The molecule has 1 aromatic carbocycles. The highest BCUT2D eigenvalue weighted by molar-refractivity contribution is 6.07. The number of carbonyl (C=O) groups excluding carboxylic acids is 3. The van der Waals surface area contributed by atoms with Crippen molar-refractivity contribution >= 4 is 23.5 Å². The fourth-order valence-electron chi connectivity index (χ4n) is 1.86. The monoisotopic (exact) mass is 272 g/mol. The molecule has 7 nitrogen and oxygen atoms in total. The molecule has 1 aliphatic heterocycles. The summed E-state index contributed by atoms with van der Waals surface area (Å²) in [4.78, 5) is 35.9. The molecular weight excluding hydrogens is 260 g/mol. The summed E-state index contributed by atoms with van der Waals surface area (Å²) in [5.74, 6) is -0.936. The molecule has 0 radical (unpaired) electrons. The van der Waals surface area contributed by atoms with Crippen molar-refractivity contribution in [3.8, 4) is 6.07 Å². The van der Waals surface area contributed by atoms with Crippen LogP contribution in [0.1, 0.15) is 12.5 Å². The van der Waals surface area contributed by atoms with Gasteiger partial charge in [0.15, 0.2) is 0 Å². The summed E-state index contributed by atoms with van der Waals surface area (Å²) in [5, 5.41) is 13.7. The van der Waals surface area contributed by atoms with Gasteiger partial charge in [0.1, 0.15) is 6.04 Å². The minimum absolute atomic E-state index is 0.0969. The number of rotatable bonds is 3. The van der Waals surface area contributed by atoms with Gasteiger partial charge in [0.05, 0.1) is 18.2 Å². The molecule has 1 aromatic rings. The van der Waals surface area contributed by atoms with E-state index in [1.165, 1.54) is 13.0 Å². The Morgan fingerprint density at radius 1 is 1.50 bits per heavy atom. The molecule has 0 bridgehead atoms. The molecule has 4 amide bonds. The van der Waals surface area contributed by atoms with Gasteiger partial charge < -0.3 is 10.6 Å². The maximum atomic E-state index is 12.0. The molecule has 1 saturated heterocycles. The van der Waals surface area contributed by atoms with E-state index >= 15 is 0 Å². The van der Waals surface area contributed by atoms with Gasteiger partial charge in [-0.15, -0.1) is 0 Å². The van der Waals surface area contributed by atoms with Crippen molar-refractivity contribution in [2.75, 3.05) is 11.9 Å². The first-order chi connectivity index (χ1) is 9.52. The largest absolute Gasteiger partial charge is 0.329 e. The van der Waals surface area contributed by atoms with Crippen molar-refractivity contribution in [3.05, 3.63) is 29.8 Å². The lowest BCUT2D eigenvalue weighted by Crippen LogP contribution is -2.45. The Hall–Kier alpha value is -2.88. The zero-order valence-corrected chi connectivity index (χ0v) is 10.7. The highest BCUT2D eigenvalue weighted by atomic mass is 16.2. The molecule has 0 saturated carbocycles. The minimum atomic E-state index is -0.921. The van der Waals surface area contributed by atoms with Gasteiger partial charge in [-0.25, -0.2) is 4.79 Å². The van der Waals surface area contributed by atoms with E-state index in [9.17, 15) is 14.4 Å². The highest BCUT2D eigenvalue weighted by Crippen LogP contribution is 2.12. The summed E-state index contributed by atoms with van der Waals surface area (Å²) in [6, 6.07) is 6.83. The first-order valence-corrected chi connectivity index (χ1v) is 5.94. The van der Waals surface area contributed by atoms with Gasteiger partial charge in [-0.2, -0.15) is 5.26 Å². The van der Waals surface area contributed by atoms with Crippen molar-refractivity contribution in [3.63, 3.8) is 0 Å². The minimum Gasteiger partial charge on any atom is -0.329 e. The Morgan fingerprint density at radius 3 is 2.85 bits per heavy atom. The maximum Gasteiger partial charge on any atom is 0.325 e. The lowest BCUT2D eigenvalue weighted by Gasteiger charge is -2.20. The predicted octanol–water partition coefficient (Wildman–Crippen LogP) is 0.437. The van der Waals surface area contributed by atoms with Crippen molar-refractivity contribution < 1.29 is 14.4 Å². The molecule has 0 spiro atoms. The molecule has 20 heavy (non-hydrogen) atoms. The number of carbonyl (C=O) groups is 3. The summed E-state index contributed by atoms with van der Waals surface area (Å²) < 4.78 is 0. The first kappa shape index (κ1) is 13.5. The van der Waals surface area contributed by atoms with E-state index in [4.69, 9.17) is 5.26 Å². The fraction of sp³-hybridized carbons (Fsp3) is 0.231. The van der Waals surface area contributed by atoms with E-state index in [1.807, 2.05) is 6.07 Å². The SMILES string of the molecule is CC(C(=O)Nc1cccc(C#N)c1)N1C(=O)CNC1=O. The number of amides is 4. The first-order valence-electron chi connectivity index (χ1n) is 5.94. The van der Waals surface area contributed by atoms with Crippen molar-refractivity contribution in [2.24, 2.45) is 0 Å². The second kappa shape index (κ2) is 5.40. The molecule has 2 rings (SSSR count). The summed E-state index contributed by atoms with van der Waals surface area (Å²) in [7, 11) is 0. The average molecular weight is 272 g/mol. The van der Waals surface area contributed by atoms with Crippen LogP contribution >= 0.6 is 0 Å². The second-order valence-corrected chi connectivity index (χ2v) is 4.28. The summed E-state index contributed by atoms with van der Waals surface area (Å²) >= 11 is 0. The van der Waals surface area contributed by atoms with E-state index < -0.39 is 23.9 Å². The zero-order valence-electron chi connectivity index (χ0n) is 10.7. The van der Waals surface area contributed by atoms with Crippen LogP contribution < -0.4 is 10.6 Å². The van der Waals surface area contributed by atoms with Crippen LogP contribution in [0.4, 0.5) is 10.5 Å². The van der Waals surface area contributed by atoms with Crippen LogP contribution in [-0.2, 0) is 9.59 Å². The number of anilines is 1. The Labute approximate surface area is 115 Å². The summed E-state index contributed by atoms with van der Waals surface area (Å²) in [5.41, 5.74) is 0.846. The molecule has 102 valence electrons. The van der Waals surface area contributed by atoms with E-state index in [2.05, 4.69) is 10.6 Å². The van der Waals surface area contributed by atoms with Crippen LogP contribution in [0.2, 0.25) is 0 Å². The topological polar surface area (TPSA) is 102 Å². The van der Waals surface area contributed by atoms with Crippen molar-refractivity contribution in [1.29, 1.82) is 5.26 Å². The number of urea groups is 1. The molecule has 0 aromatic heterocycles. The van der Waals surface area contributed by atoms with E-state index in [0.29, 0.717) is 11.3 Å².